The third-order valence-electron chi connectivity index (χ3n) is 10.1. The third-order valence-corrected chi connectivity index (χ3v) is 10.1. The molecule has 0 saturated carbocycles. The molecule has 9 aromatic carbocycles. The fourth-order valence-electron chi connectivity index (χ4n) is 7.93. The molecule has 0 bridgehead atoms. The van der Waals surface area contributed by atoms with Crippen molar-refractivity contribution in [1.29, 1.82) is 0 Å². The van der Waals surface area contributed by atoms with Gasteiger partial charge in [-0.3, -0.25) is 0 Å². The zero-order chi connectivity index (χ0) is 32.3. The normalized spacial score (nSPS) is 11.7. The minimum absolute atomic E-state index is 0.898. The van der Waals surface area contributed by atoms with Crippen LogP contribution in [0.2, 0.25) is 0 Å². The molecule has 10 aromatic rings. The second-order valence-electron chi connectivity index (χ2n) is 12.8. The summed E-state index contributed by atoms with van der Waals surface area (Å²) in [7, 11) is 0. The van der Waals surface area contributed by atoms with E-state index in [4.69, 9.17) is 4.42 Å². The summed E-state index contributed by atoms with van der Waals surface area (Å²) in [5.74, 6) is 0. The molecule has 0 amide bonds. The van der Waals surface area contributed by atoms with Gasteiger partial charge in [0.05, 0.1) is 0 Å². The monoisotopic (exact) mass is 622 g/mol. The van der Waals surface area contributed by atoms with E-state index in [2.05, 4.69) is 182 Å². The van der Waals surface area contributed by atoms with E-state index in [1.807, 2.05) is 0 Å². The third kappa shape index (κ3) is 4.33. The first-order valence-electron chi connectivity index (χ1n) is 16.9. The van der Waals surface area contributed by atoms with Gasteiger partial charge in [-0.25, -0.2) is 0 Å². The summed E-state index contributed by atoms with van der Waals surface area (Å²) in [4.78, 5) is 0. The highest BCUT2D eigenvalue weighted by Gasteiger charge is 2.21. The van der Waals surface area contributed by atoms with Gasteiger partial charge in [-0.15, -0.1) is 0 Å². The van der Waals surface area contributed by atoms with Gasteiger partial charge in [-0.05, 0) is 89.5 Å². The molecule has 1 heteroatoms. The molecular formula is C48H30O. The summed E-state index contributed by atoms with van der Waals surface area (Å²) in [6, 6.07) is 65.7. The van der Waals surface area contributed by atoms with Crippen LogP contribution in [0.4, 0.5) is 0 Å². The molecule has 0 aliphatic heterocycles. The van der Waals surface area contributed by atoms with Crippen molar-refractivity contribution in [1.82, 2.24) is 0 Å². The summed E-state index contributed by atoms with van der Waals surface area (Å²) in [5.41, 5.74) is 11.4. The van der Waals surface area contributed by atoms with Crippen LogP contribution in [0.5, 0.6) is 0 Å². The van der Waals surface area contributed by atoms with Crippen LogP contribution in [0.1, 0.15) is 0 Å². The second kappa shape index (κ2) is 11.1. The van der Waals surface area contributed by atoms with Crippen LogP contribution < -0.4 is 0 Å². The molecule has 0 unspecified atom stereocenters. The Morgan fingerprint density at radius 2 is 0.714 bits per heavy atom. The molecule has 1 heterocycles. The van der Waals surface area contributed by atoms with Crippen molar-refractivity contribution in [3.05, 3.63) is 182 Å². The second-order valence-corrected chi connectivity index (χ2v) is 12.8. The van der Waals surface area contributed by atoms with Gasteiger partial charge in [0.1, 0.15) is 11.2 Å². The number of benzene rings is 9. The zero-order valence-electron chi connectivity index (χ0n) is 26.7. The molecule has 49 heavy (non-hydrogen) atoms. The van der Waals surface area contributed by atoms with Gasteiger partial charge < -0.3 is 4.42 Å². The Hall–Kier alpha value is -6.44. The first kappa shape index (κ1) is 27.7. The molecule has 0 radical (unpaired) electrons. The fraction of sp³-hybridized carbons (Fsp3) is 0. The highest BCUT2D eigenvalue weighted by atomic mass is 16.3. The topological polar surface area (TPSA) is 13.1 Å². The first-order valence-corrected chi connectivity index (χ1v) is 16.9. The lowest BCUT2D eigenvalue weighted by Crippen LogP contribution is -1.92. The summed E-state index contributed by atoms with van der Waals surface area (Å²) in [6.07, 6.45) is 0. The molecule has 0 spiro atoms. The van der Waals surface area contributed by atoms with Gasteiger partial charge in [0, 0.05) is 16.3 Å². The lowest BCUT2D eigenvalue weighted by molar-refractivity contribution is 0.670. The SMILES string of the molecule is c1ccc(-c2ccc(-c3cc(-c4c5ccccc5c(-c5ccccc5)c5ccccc45)cc4c3oc3ccccc34)c3ccccc23)cc1. The van der Waals surface area contributed by atoms with Crippen molar-refractivity contribution in [2.45, 2.75) is 0 Å². The molecule has 0 saturated heterocycles. The molecule has 0 aliphatic carbocycles. The van der Waals surface area contributed by atoms with Crippen molar-refractivity contribution in [2.24, 2.45) is 0 Å². The van der Waals surface area contributed by atoms with Crippen LogP contribution in [0.3, 0.4) is 0 Å². The predicted octanol–water partition coefficient (Wildman–Crippen LogP) is 13.7. The number of fused-ring (bicyclic) bond motifs is 6. The lowest BCUT2D eigenvalue weighted by atomic mass is 9.84. The molecular weight excluding hydrogens is 593 g/mol. The van der Waals surface area contributed by atoms with Gasteiger partial charge in [-0.1, -0.05) is 164 Å². The van der Waals surface area contributed by atoms with E-state index in [0.717, 1.165) is 33.1 Å². The minimum Gasteiger partial charge on any atom is -0.455 e. The number of hydrogen-bond donors (Lipinski definition) is 0. The van der Waals surface area contributed by atoms with Crippen molar-refractivity contribution in [3.8, 4) is 44.5 Å². The van der Waals surface area contributed by atoms with Gasteiger partial charge in [0.15, 0.2) is 0 Å². The van der Waals surface area contributed by atoms with E-state index in [0.29, 0.717) is 0 Å². The van der Waals surface area contributed by atoms with Crippen LogP contribution in [-0.2, 0) is 0 Å². The van der Waals surface area contributed by atoms with E-state index >= 15 is 0 Å². The maximum absolute atomic E-state index is 6.74. The van der Waals surface area contributed by atoms with Crippen LogP contribution in [0.25, 0.3) is 98.8 Å². The molecule has 1 nitrogen and oxygen atoms in total. The van der Waals surface area contributed by atoms with Crippen LogP contribution in [0, 0.1) is 0 Å². The van der Waals surface area contributed by atoms with Crippen molar-refractivity contribution < 1.29 is 4.42 Å². The highest BCUT2D eigenvalue weighted by Crippen LogP contribution is 2.48. The summed E-state index contributed by atoms with van der Waals surface area (Å²) in [5, 5.41) is 9.66. The Morgan fingerprint density at radius 1 is 0.265 bits per heavy atom. The first-order chi connectivity index (χ1) is 24.3. The smallest absolute Gasteiger partial charge is 0.143 e. The van der Waals surface area contributed by atoms with Crippen molar-refractivity contribution >= 4 is 54.3 Å². The van der Waals surface area contributed by atoms with Gasteiger partial charge in [0.2, 0.25) is 0 Å². The van der Waals surface area contributed by atoms with Gasteiger partial charge in [0.25, 0.3) is 0 Å². The van der Waals surface area contributed by atoms with E-state index in [-0.39, 0.29) is 0 Å². The maximum atomic E-state index is 6.74. The quantitative estimate of drug-likeness (QED) is 0.178. The average Bonchev–Trinajstić information content (AvgIpc) is 3.55. The average molecular weight is 623 g/mol. The molecule has 0 atom stereocenters. The van der Waals surface area contributed by atoms with E-state index in [9.17, 15) is 0 Å². The Bertz CT molecular complexity index is 2800. The summed E-state index contributed by atoms with van der Waals surface area (Å²) >= 11 is 0. The van der Waals surface area contributed by atoms with Crippen molar-refractivity contribution in [3.63, 3.8) is 0 Å². The molecule has 0 aliphatic rings. The molecule has 1 aromatic heterocycles. The zero-order valence-corrected chi connectivity index (χ0v) is 26.7. The van der Waals surface area contributed by atoms with Gasteiger partial charge in [-0.2, -0.15) is 0 Å². The molecule has 228 valence electrons. The summed E-state index contributed by atoms with van der Waals surface area (Å²) in [6.45, 7) is 0. The van der Waals surface area contributed by atoms with Crippen LogP contribution in [0.15, 0.2) is 186 Å². The Balaban J connectivity index is 1.33. The number of furan rings is 1. The maximum Gasteiger partial charge on any atom is 0.143 e. The predicted molar refractivity (Wildman–Crippen MR) is 208 cm³/mol. The molecule has 0 fully saturated rings. The van der Waals surface area contributed by atoms with Crippen LogP contribution >= 0.6 is 0 Å². The number of hydrogen-bond acceptors (Lipinski definition) is 1. The minimum atomic E-state index is 0.898. The number of rotatable bonds is 4. The van der Waals surface area contributed by atoms with E-state index in [1.54, 1.807) is 0 Å². The summed E-state index contributed by atoms with van der Waals surface area (Å²) < 4.78 is 6.74. The van der Waals surface area contributed by atoms with E-state index in [1.165, 1.54) is 65.7 Å². The fourth-order valence-corrected chi connectivity index (χ4v) is 7.93. The molecule has 10 rings (SSSR count). The van der Waals surface area contributed by atoms with E-state index < -0.39 is 0 Å². The highest BCUT2D eigenvalue weighted by molar-refractivity contribution is 6.23. The van der Waals surface area contributed by atoms with Crippen molar-refractivity contribution in [2.75, 3.05) is 0 Å². The van der Waals surface area contributed by atoms with Crippen LogP contribution in [-0.4, -0.2) is 0 Å². The Morgan fingerprint density at radius 3 is 1.33 bits per heavy atom. The number of para-hydroxylation sites is 1. The Kier molecular flexibility index (Phi) is 6.25. The Labute approximate surface area is 284 Å². The standard InChI is InChI=1S/C48H30O/c1-3-15-31(16-4-1)34-27-28-37(36-20-8-7-19-35(34)36)43-29-33(30-44-38-21-13-14-26-45(38)49-48(43)44)47-41-24-11-9-22-39(41)46(32-17-5-2-6-18-32)40-23-10-12-25-42(40)47/h1-30H. The largest absolute Gasteiger partial charge is 0.455 e. The molecule has 0 N–H and O–H groups in total. The lowest BCUT2D eigenvalue weighted by Gasteiger charge is -2.19. The van der Waals surface area contributed by atoms with Gasteiger partial charge >= 0.3 is 0 Å².